The predicted molar refractivity (Wildman–Crippen MR) is 57.5 cm³/mol. The van der Waals surface area contributed by atoms with E-state index >= 15 is 0 Å². The topological polar surface area (TPSA) is 76.1 Å². The molecule has 0 radical (unpaired) electrons. The molecule has 0 aromatic carbocycles. The number of nitrogens with zero attached hydrogens (tertiary/aromatic N) is 1. The number of ether oxygens (including phenoxy) is 2. The van der Waals surface area contributed by atoms with Gasteiger partial charge in [-0.2, -0.15) is 0 Å². The second kappa shape index (κ2) is 5.01. The highest BCUT2D eigenvalue weighted by atomic mass is 16.5. The number of carbonyl (C=O) groups is 2. The third-order valence-electron chi connectivity index (χ3n) is 3.12. The van der Waals surface area contributed by atoms with Gasteiger partial charge in [0, 0.05) is 13.1 Å². The molecule has 0 aromatic heterocycles. The van der Waals surface area contributed by atoms with Gasteiger partial charge in [0.15, 0.2) is 6.10 Å². The Morgan fingerprint density at radius 3 is 2.59 bits per heavy atom. The average Bonchev–Trinajstić information content (AvgIpc) is 2.77. The van der Waals surface area contributed by atoms with Gasteiger partial charge in [0.2, 0.25) is 0 Å². The number of aliphatic carboxylic acids is 1. The van der Waals surface area contributed by atoms with Crippen molar-refractivity contribution >= 4 is 11.9 Å². The normalized spacial score (nSPS) is 33.7. The van der Waals surface area contributed by atoms with E-state index in [4.69, 9.17) is 14.6 Å². The van der Waals surface area contributed by atoms with Crippen LogP contribution in [0.1, 0.15) is 19.8 Å². The standard InChI is InChI=1S/C11H17NO5/c1-7-6-12(4-5-16-7)10(13)8-2-3-9(17-8)11(14)15/h7-9H,2-6H2,1H3,(H,14,15). The maximum atomic E-state index is 12.1. The van der Waals surface area contributed by atoms with Gasteiger partial charge < -0.3 is 19.5 Å². The first kappa shape index (κ1) is 12.3. The molecule has 0 aromatic rings. The van der Waals surface area contributed by atoms with Gasteiger partial charge in [0.25, 0.3) is 5.91 Å². The summed E-state index contributed by atoms with van der Waals surface area (Å²) in [5.41, 5.74) is 0. The van der Waals surface area contributed by atoms with Gasteiger partial charge in [-0.05, 0) is 19.8 Å². The smallest absolute Gasteiger partial charge is 0.332 e. The van der Waals surface area contributed by atoms with E-state index in [0.29, 0.717) is 32.5 Å². The highest BCUT2D eigenvalue weighted by Gasteiger charge is 2.37. The van der Waals surface area contributed by atoms with E-state index in [1.807, 2.05) is 6.92 Å². The number of carboxylic acids is 1. The van der Waals surface area contributed by atoms with Crippen LogP contribution in [0.4, 0.5) is 0 Å². The van der Waals surface area contributed by atoms with Crippen molar-refractivity contribution < 1.29 is 24.2 Å². The number of amides is 1. The molecule has 3 atom stereocenters. The molecule has 96 valence electrons. The second-order valence-electron chi connectivity index (χ2n) is 4.49. The minimum atomic E-state index is -0.990. The second-order valence-corrected chi connectivity index (χ2v) is 4.49. The van der Waals surface area contributed by atoms with Crippen LogP contribution in [0.25, 0.3) is 0 Å². The first-order chi connectivity index (χ1) is 8.08. The van der Waals surface area contributed by atoms with E-state index in [2.05, 4.69) is 0 Å². The number of carboxylic acid groups (broad SMARTS) is 1. The quantitative estimate of drug-likeness (QED) is 0.731. The molecule has 2 saturated heterocycles. The monoisotopic (exact) mass is 243 g/mol. The molecule has 1 N–H and O–H groups in total. The fourth-order valence-corrected chi connectivity index (χ4v) is 2.22. The largest absolute Gasteiger partial charge is 0.479 e. The molecular formula is C11H17NO5. The summed E-state index contributed by atoms with van der Waals surface area (Å²) in [5.74, 6) is -1.10. The maximum Gasteiger partial charge on any atom is 0.332 e. The number of carbonyl (C=O) groups excluding carboxylic acids is 1. The molecule has 0 saturated carbocycles. The van der Waals surface area contributed by atoms with Gasteiger partial charge in [-0.15, -0.1) is 0 Å². The van der Waals surface area contributed by atoms with Gasteiger partial charge in [-0.1, -0.05) is 0 Å². The molecule has 0 aliphatic carbocycles. The summed E-state index contributed by atoms with van der Waals surface area (Å²) in [4.78, 5) is 24.5. The zero-order chi connectivity index (χ0) is 12.4. The van der Waals surface area contributed by atoms with E-state index < -0.39 is 18.2 Å². The van der Waals surface area contributed by atoms with E-state index in [1.54, 1.807) is 4.90 Å². The average molecular weight is 243 g/mol. The Hall–Kier alpha value is -1.14. The molecule has 2 fully saturated rings. The summed E-state index contributed by atoms with van der Waals surface area (Å²) in [6, 6.07) is 0. The third kappa shape index (κ3) is 2.76. The van der Waals surface area contributed by atoms with Gasteiger partial charge in [-0.3, -0.25) is 4.79 Å². The third-order valence-corrected chi connectivity index (χ3v) is 3.12. The Kier molecular flexibility index (Phi) is 3.63. The zero-order valence-corrected chi connectivity index (χ0v) is 9.80. The van der Waals surface area contributed by atoms with Crippen molar-refractivity contribution in [2.75, 3.05) is 19.7 Å². The molecule has 2 aliphatic heterocycles. The minimum Gasteiger partial charge on any atom is -0.479 e. The molecule has 2 heterocycles. The Balaban J connectivity index is 1.90. The van der Waals surface area contributed by atoms with Crippen molar-refractivity contribution in [3.63, 3.8) is 0 Å². The highest BCUT2D eigenvalue weighted by Crippen LogP contribution is 2.22. The highest BCUT2D eigenvalue weighted by molar-refractivity contribution is 5.82. The number of morpholine rings is 1. The van der Waals surface area contributed by atoms with Crippen LogP contribution in [0, 0.1) is 0 Å². The van der Waals surface area contributed by atoms with E-state index in [1.165, 1.54) is 0 Å². The maximum absolute atomic E-state index is 12.1. The van der Waals surface area contributed by atoms with Crippen LogP contribution in [-0.2, 0) is 19.1 Å². The molecular weight excluding hydrogens is 226 g/mol. The van der Waals surface area contributed by atoms with Crippen LogP contribution in [0.2, 0.25) is 0 Å². The van der Waals surface area contributed by atoms with E-state index in [0.717, 1.165) is 0 Å². The van der Waals surface area contributed by atoms with Crippen LogP contribution in [0.5, 0.6) is 0 Å². The first-order valence-corrected chi connectivity index (χ1v) is 5.86. The van der Waals surface area contributed by atoms with E-state index in [9.17, 15) is 9.59 Å². The molecule has 6 nitrogen and oxygen atoms in total. The molecule has 17 heavy (non-hydrogen) atoms. The molecule has 0 bridgehead atoms. The van der Waals surface area contributed by atoms with Crippen LogP contribution >= 0.6 is 0 Å². The van der Waals surface area contributed by atoms with Gasteiger partial charge in [-0.25, -0.2) is 4.79 Å². The molecule has 2 rings (SSSR count). The lowest BCUT2D eigenvalue weighted by molar-refractivity contribution is -0.157. The summed E-state index contributed by atoms with van der Waals surface area (Å²) >= 11 is 0. The Morgan fingerprint density at radius 2 is 2.00 bits per heavy atom. The molecule has 1 amide bonds. The Bertz CT molecular complexity index is 319. The number of hydrogen-bond donors (Lipinski definition) is 1. The summed E-state index contributed by atoms with van der Waals surface area (Å²) in [7, 11) is 0. The molecule has 2 aliphatic rings. The molecule has 0 spiro atoms. The number of rotatable bonds is 2. The van der Waals surface area contributed by atoms with Crippen molar-refractivity contribution in [3.05, 3.63) is 0 Å². The zero-order valence-electron chi connectivity index (χ0n) is 9.80. The van der Waals surface area contributed by atoms with Crippen molar-refractivity contribution in [1.82, 2.24) is 4.90 Å². The summed E-state index contributed by atoms with van der Waals surface area (Å²) in [5, 5.41) is 8.80. The molecule has 6 heteroatoms. The first-order valence-electron chi connectivity index (χ1n) is 5.86. The Morgan fingerprint density at radius 1 is 1.29 bits per heavy atom. The van der Waals surface area contributed by atoms with Gasteiger partial charge >= 0.3 is 5.97 Å². The van der Waals surface area contributed by atoms with Crippen LogP contribution < -0.4 is 0 Å². The lowest BCUT2D eigenvalue weighted by atomic mass is 10.1. The lowest BCUT2D eigenvalue weighted by Gasteiger charge is -2.32. The van der Waals surface area contributed by atoms with Crippen molar-refractivity contribution in [3.8, 4) is 0 Å². The van der Waals surface area contributed by atoms with Gasteiger partial charge in [0.05, 0.1) is 12.7 Å². The fourth-order valence-electron chi connectivity index (χ4n) is 2.22. The van der Waals surface area contributed by atoms with Crippen LogP contribution in [0.15, 0.2) is 0 Å². The fraction of sp³-hybridized carbons (Fsp3) is 0.818. The van der Waals surface area contributed by atoms with Crippen molar-refractivity contribution in [2.45, 2.75) is 38.1 Å². The van der Waals surface area contributed by atoms with Crippen LogP contribution in [-0.4, -0.2) is 59.9 Å². The Labute approximate surface area is 99.5 Å². The summed E-state index contributed by atoms with van der Waals surface area (Å²) in [6.45, 7) is 3.55. The lowest BCUT2D eigenvalue weighted by Crippen LogP contribution is -2.48. The van der Waals surface area contributed by atoms with Crippen molar-refractivity contribution in [1.29, 1.82) is 0 Å². The van der Waals surface area contributed by atoms with E-state index in [-0.39, 0.29) is 12.0 Å². The molecule has 3 unspecified atom stereocenters. The SMILES string of the molecule is CC1CN(C(=O)C2CCC(C(=O)O)O2)CCO1. The minimum absolute atomic E-state index is 0.0318. The van der Waals surface area contributed by atoms with Crippen molar-refractivity contribution in [2.24, 2.45) is 0 Å². The van der Waals surface area contributed by atoms with Crippen LogP contribution in [0.3, 0.4) is 0 Å². The van der Waals surface area contributed by atoms with Gasteiger partial charge in [0.1, 0.15) is 6.10 Å². The summed E-state index contributed by atoms with van der Waals surface area (Å²) < 4.78 is 10.6. The number of hydrogen-bond acceptors (Lipinski definition) is 4. The predicted octanol–water partition coefficient (Wildman–Crippen LogP) is -0.134. The summed E-state index contributed by atoms with van der Waals surface area (Å²) in [6.07, 6.45) is -0.499.